The lowest BCUT2D eigenvalue weighted by atomic mass is 10.1. The number of fused-ring (bicyclic) bond motifs is 1. The lowest BCUT2D eigenvalue weighted by molar-refractivity contribution is 0.306. The van der Waals surface area contributed by atoms with Crippen molar-refractivity contribution in [3.8, 4) is 17.2 Å². The second kappa shape index (κ2) is 8.42. The number of benzene rings is 3. The van der Waals surface area contributed by atoms with Gasteiger partial charge in [0.2, 0.25) is 11.2 Å². The molecule has 4 aromatic rings. The van der Waals surface area contributed by atoms with Gasteiger partial charge in [0.05, 0.1) is 5.39 Å². The summed E-state index contributed by atoms with van der Waals surface area (Å²) in [5, 5.41) is 1.76. The predicted octanol–water partition coefficient (Wildman–Crippen LogP) is 7.09. The van der Waals surface area contributed by atoms with E-state index in [1.54, 1.807) is 30.3 Å². The van der Waals surface area contributed by atoms with Crippen molar-refractivity contribution in [1.29, 1.82) is 0 Å². The summed E-state index contributed by atoms with van der Waals surface area (Å²) in [6.07, 6.45) is 1.31. The summed E-state index contributed by atoms with van der Waals surface area (Å²) in [5.74, 6) is 1.24. The third-order valence-corrected chi connectivity index (χ3v) is 5.52. The van der Waals surface area contributed by atoms with Gasteiger partial charge in [0.25, 0.3) is 0 Å². The molecule has 0 atom stereocenters. The van der Waals surface area contributed by atoms with E-state index in [1.165, 1.54) is 6.26 Å². The van der Waals surface area contributed by atoms with E-state index >= 15 is 0 Å². The molecule has 0 unspecified atom stereocenters. The quantitative estimate of drug-likeness (QED) is 0.332. The Labute approximate surface area is 183 Å². The van der Waals surface area contributed by atoms with Gasteiger partial charge in [0.1, 0.15) is 30.0 Å². The van der Waals surface area contributed by atoms with Crippen molar-refractivity contribution in [3.63, 3.8) is 0 Å². The molecule has 0 amide bonds. The molecule has 4 rings (SSSR count). The first-order chi connectivity index (χ1) is 14.4. The SMILES string of the molecule is Cc1cc(Oc2coc3cc(OCc4ccc(Cl)cc4)ccc3c2=O)cc(C)c1Cl. The van der Waals surface area contributed by atoms with E-state index in [1.807, 2.05) is 38.1 Å². The maximum atomic E-state index is 12.8. The van der Waals surface area contributed by atoms with Crippen LogP contribution in [-0.2, 0) is 6.61 Å². The monoisotopic (exact) mass is 440 g/mol. The molecule has 0 aliphatic rings. The third-order valence-electron chi connectivity index (χ3n) is 4.67. The number of hydrogen-bond donors (Lipinski definition) is 0. The molecule has 30 heavy (non-hydrogen) atoms. The molecular weight excluding hydrogens is 423 g/mol. The average molecular weight is 441 g/mol. The molecular formula is C24H18Cl2O4. The van der Waals surface area contributed by atoms with Crippen molar-refractivity contribution in [3.05, 3.63) is 97.8 Å². The van der Waals surface area contributed by atoms with Gasteiger partial charge < -0.3 is 13.9 Å². The van der Waals surface area contributed by atoms with Gasteiger partial charge in [0.15, 0.2) is 0 Å². The highest BCUT2D eigenvalue weighted by Crippen LogP contribution is 2.29. The first kappa shape index (κ1) is 20.3. The molecule has 0 aliphatic carbocycles. The van der Waals surface area contributed by atoms with Crippen LogP contribution in [0.2, 0.25) is 10.0 Å². The Hall–Kier alpha value is -2.95. The van der Waals surface area contributed by atoms with Gasteiger partial charge in [-0.25, -0.2) is 0 Å². The molecule has 0 bridgehead atoms. The van der Waals surface area contributed by atoms with Gasteiger partial charge in [0, 0.05) is 16.1 Å². The average Bonchev–Trinajstić information content (AvgIpc) is 2.73. The molecule has 0 spiro atoms. The van der Waals surface area contributed by atoms with Gasteiger partial charge in [-0.2, -0.15) is 0 Å². The van der Waals surface area contributed by atoms with E-state index in [0.29, 0.717) is 39.1 Å². The second-order valence-electron chi connectivity index (χ2n) is 6.98. The predicted molar refractivity (Wildman–Crippen MR) is 119 cm³/mol. The fourth-order valence-electron chi connectivity index (χ4n) is 3.09. The largest absolute Gasteiger partial charge is 0.489 e. The van der Waals surface area contributed by atoms with Gasteiger partial charge in [-0.05, 0) is 66.9 Å². The highest BCUT2D eigenvalue weighted by molar-refractivity contribution is 6.32. The highest BCUT2D eigenvalue weighted by Gasteiger charge is 2.12. The van der Waals surface area contributed by atoms with Crippen LogP contribution in [-0.4, -0.2) is 0 Å². The van der Waals surface area contributed by atoms with E-state index in [0.717, 1.165) is 16.7 Å². The Balaban J connectivity index is 1.56. The summed E-state index contributed by atoms with van der Waals surface area (Å²) in [4.78, 5) is 12.8. The summed E-state index contributed by atoms with van der Waals surface area (Å²) < 4.78 is 17.2. The highest BCUT2D eigenvalue weighted by atomic mass is 35.5. The Morgan fingerprint density at radius 2 is 1.60 bits per heavy atom. The van der Waals surface area contributed by atoms with Gasteiger partial charge in [-0.15, -0.1) is 0 Å². The van der Waals surface area contributed by atoms with Gasteiger partial charge in [-0.3, -0.25) is 4.79 Å². The molecule has 1 aromatic heterocycles. The zero-order valence-corrected chi connectivity index (χ0v) is 17.9. The Morgan fingerprint density at radius 3 is 2.30 bits per heavy atom. The van der Waals surface area contributed by atoms with Crippen LogP contribution in [0.3, 0.4) is 0 Å². The summed E-state index contributed by atoms with van der Waals surface area (Å²) in [6, 6.07) is 16.1. The zero-order chi connectivity index (χ0) is 21.3. The smallest absolute Gasteiger partial charge is 0.235 e. The molecule has 0 fully saturated rings. The molecule has 0 saturated heterocycles. The van der Waals surface area contributed by atoms with Crippen LogP contribution in [0.4, 0.5) is 0 Å². The van der Waals surface area contributed by atoms with Crippen LogP contribution in [0.15, 0.2) is 70.1 Å². The number of hydrogen-bond acceptors (Lipinski definition) is 4. The summed E-state index contributed by atoms with van der Waals surface area (Å²) in [7, 11) is 0. The Bertz CT molecular complexity index is 1250. The first-order valence-corrected chi connectivity index (χ1v) is 10.0. The molecule has 0 saturated carbocycles. The molecule has 0 aliphatic heterocycles. The van der Waals surface area contributed by atoms with Crippen molar-refractivity contribution >= 4 is 34.2 Å². The Morgan fingerprint density at radius 1 is 0.900 bits per heavy atom. The van der Waals surface area contributed by atoms with E-state index < -0.39 is 0 Å². The van der Waals surface area contributed by atoms with Crippen LogP contribution in [0, 0.1) is 13.8 Å². The summed E-state index contributed by atoms with van der Waals surface area (Å²) in [6.45, 7) is 4.15. The number of ether oxygens (including phenoxy) is 2. The Kier molecular flexibility index (Phi) is 5.71. The molecule has 152 valence electrons. The van der Waals surface area contributed by atoms with Crippen molar-refractivity contribution in [2.75, 3.05) is 0 Å². The van der Waals surface area contributed by atoms with E-state index in [-0.39, 0.29) is 11.2 Å². The minimum atomic E-state index is -0.259. The van der Waals surface area contributed by atoms with Crippen LogP contribution < -0.4 is 14.9 Å². The number of rotatable bonds is 5. The van der Waals surface area contributed by atoms with Crippen molar-refractivity contribution in [2.24, 2.45) is 0 Å². The molecule has 4 nitrogen and oxygen atoms in total. The van der Waals surface area contributed by atoms with Gasteiger partial charge in [-0.1, -0.05) is 35.3 Å². The number of aryl methyl sites for hydroxylation is 2. The normalized spacial score (nSPS) is 10.9. The topological polar surface area (TPSA) is 48.7 Å². The van der Waals surface area contributed by atoms with Crippen LogP contribution in [0.5, 0.6) is 17.2 Å². The summed E-state index contributed by atoms with van der Waals surface area (Å²) >= 11 is 12.1. The fourth-order valence-corrected chi connectivity index (χ4v) is 3.33. The summed E-state index contributed by atoms with van der Waals surface area (Å²) in [5.41, 5.74) is 2.90. The minimum absolute atomic E-state index is 0.110. The van der Waals surface area contributed by atoms with E-state index in [4.69, 9.17) is 37.1 Å². The third kappa shape index (κ3) is 4.30. The van der Waals surface area contributed by atoms with E-state index in [2.05, 4.69) is 0 Å². The first-order valence-electron chi connectivity index (χ1n) is 9.28. The van der Waals surface area contributed by atoms with Crippen molar-refractivity contribution in [1.82, 2.24) is 0 Å². The van der Waals surface area contributed by atoms with Gasteiger partial charge >= 0.3 is 0 Å². The zero-order valence-electron chi connectivity index (χ0n) is 16.4. The van der Waals surface area contributed by atoms with Crippen LogP contribution >= 0.6 is 23.2 Å². The molecule has 0 radical (unpaired) electrons. The van der Waals surface area contributed by atoms with Crippen molar-refractivity contribution in [2.45, 2.75) is 20.5 Å². The lowest BCUT2D eigenvalue weighted by Crippen LogP contribution is -2.05. The number of halogens is 2. The fraction of sp³-hybridized carbons (Fsp3) is 0.125. The standard InChI is InChI=1S/C24H18Cl2O4/c1-14-9-19(10-15(2)23(14)26)30-22-13-29-21-11-18(7-8-20(21)24(22)27)28-12-16-3-5-17(25)6-4-16/h3-11,13H,12H2,1-2H3. The maximum Gasteiger partial charge on any atom is 0.235 e. The van der Waals surface area contributed by atoms with Crippen LogP contribution in [0.1, 0.15) is 16.7 Å². The van der Waals surface area contributed by atoms with Crippen LogP contribution in [0.25, 0.3) is 11.0 Å². The molecule has 1 heterocycles. The lowest BCUT2D eigenvalue weighted by Gasteiger charge is -2.10. The van der Waals surface area contributed by atoms with E-state index in [9.17, 15) is 4.79 Å². The van der Waals surface area contributed by atoms with Crippen molar-refractivity contribution < 1.29 is 13.9 Å². The second-order valence-corrected chi connectivity index (χ2v) is 7.79. The molecule has 3 aromatic carbocycles. The maximum absolute atomic E-state index is 12.8. The molecule has 0 N–H and O–H groups in total. The minimum Gasteiger partial charge on any atom is -0.489 e. The molecule has 6 heteroatoms.